The number of carbonyl (C=O) groups is 1. The van der Waals surface area contributed by atoms with Gasteiger partial charge in [-0.05, 0) is 30.2 Å². The molecule has 2 heterocycles. The maximum Gasteiger partial charge on any atom is 0.294 e. The Bertz CT molecular complexity index is 882. The number of ether oxygens (including phenoxy) is 1. The summed E-state index contributed by atoms with van der Waals surface area (Å²) in [7, 11) is -3.38. The molecule has 24 heavy (non-hydrogen) atoms. The van der Waals surface area contributed by atoms with Gasteiger partial charge in [-0.15, -0.1) is 0 Å². The van der Waals surface area contributed by atoms with Crippen LogP contribution in [-0.2, 0) is 9.84 Å². The molecule has 1 aromatic carbocycles. The van der Waals surface area contributed by atoms with Gasteiger partial charge in [-0.2, -0.15) is 0 Å². The first-order chi connectivity index (χ1) is 11.3. The Morgan fingerprint density at radius 2 is 2.00 bits per heavy atom. The second-order valence-corrected chi connectivity index (χ2v) is 8.08. The lowest BCUT2D eigenvalue weighted by Gasteiger charge is -2.29. The quantitative estimate of drug-likeness (QED) is 0.851. The molecule has 128 valence electrons. The Balaban J connectivity index is 2.05. The Hall–Kier alpha value is -2.28. The maximum atomic E-state index is 12.9. The molecule has 2 aromatic rings. The van der Waals surface area contributed by atoms with Crippen molar-refractivity contribution in [3.63, 3.8) is 0 Å². The van der Waals surface area contributed by atoms with E-state index in [1.807, 2.05) is 13.8 Å². The maximum absolute atomic E-state index is 12.9. The highest BCUT2D eigenvalue weighted by Gasteiger charge is 2.29. The fraction of sp³-hybridized carbons (Fsp3) is 0.353. The van der Waals surface area contributed by atoms with Crippen molar-refractivity contribution in [3.05, 3.63) is 41.9 Å². The molecule has 0 saturated carbocycles. The Morgan fingerprint density at radius 1 is 1.25 bits per heavy atom. The van der Waals surface area contributed by atoms with Crippen molar-refractivity contribution in [2.75, 3.05) is 24.3 Å². The molecule has 1 amide bonds. The molecule has 0 radical (unpaired) electrons. The van der Waals surface area contributed by atoms with Crippen LogP contribution in [0.4, 0.5) is 5.69 Å². The van der Waals surface area contributed by atoms with E-state index in [4.69, 9.17) is 9.15 Å². The molecule has 0 spiro atoms. The monoisotopic (exact) mass is 349 g/mol. The largest absolute Gasteiger partial charge is 0.490 e. The SMILES string of the molecule is CC(C)c1ccoc1C(=O)N1CCOc2ccc(S(C)(=O)=O)cc21. The Kier molecular flexibility index (Phi) is 4.13. The lowest BCUT2D eigenvalue weighted by Crippen LogP contribution is -2.38. The highest BCUT2D eigenvalue weighted by atomic mass is 32.2. The zero-order valence-electron chi connectivity index (χ0n) is 13.8. The van der Waals surface area contributed by atoms with Crippen LogP contribution in [0.5, 0.6) is 5.75 Å². The van der Waals surface area contributed by atoms with Gasteiger partial charge in [0.15, 0.2) is 15.6 Å². The minimum Gasteiger partial charge on any atom is -0.490 e. The highest BCUT2D eigenvalue weighted by Crippen LogP contribution is 2.35. The number of anilines is 1. The summed E-state index contributed by atoms with van der Waals surface area (Å²) < 4.78 is 34.6. The molecule has 0 N–H and O–H groups in total. The summed E-state index contributed by atoms with van der Waals surface area (Å²) in [5, 5.41) is 0. The van der Waals surface area contributed by atoms with Crippen LogP contribution < -0.4 is 9.64 Å². The van der Waals surface area contributed by atoms with E-state index in [9.17, 15) is 13.2 Å². The van der Waals surface area contributed by atoms with Crippen LogP contribution in [0.2, 0.25) is 0 Å². The molecule has 0 unspecified atom stereocenters. The van der Waals surface area contributed by atoms with Gasteiger partial charge in [-0.1, -0.05) is 13.8 Å². The number of furan rings is 1. The normalized spacial score (nSPS) is 14.4. The van der Waals surface area contributed by atoms with Gasteiger partial charge >= 0.3 is 0 Å². The molecule has 0 fully saturated rings. The summed E-state index contributed by atoms with van der Waals surface area (Å²) in [6.45, 7) is 4.64. The fourth-order valence-electron chi connectivity index (χ4n) is 2.71. The summed E-state index contributed by atoms with van der Waals surface area (Å²) in [6, 6.07) is 6.32. The predicted molar refractivity (Wildman–Crippen MR) is 89.5 cm³/mol. The molecule has 3 rings (SSSR count). The summed E-state index contributed by atoms with van der Waals surface area (Å²) in [6.07, 6.45) is 2.63. The van der Waals surface area contributed by atoms with E-state index >= 15 is 0 Å². The van der Waals surface area contributed by atoms with Crippen molar-refractivity contribution in [2.45, 2.75) is 24.7 Å². The van der Waals surface area contributed by atoms with Crippen LogP contribution in [0.25, 0.3) is 0 Å². The molecule has 6 nitrogen and oxygen atoms in total. The van der Waals surface area contributed by atoms with Gasteiger partial charge in [0.1, 0.15) is 12.4 Å². The number of hydrogen-bond acceptors (Lipinski definition) is 5. The predicted octanol–water partition coefficient (Wildman–Crippen LogP) is 2.85. The van der Waals surface area contributed by atoms with Gasteiger partial charge in [0, 0.05) is 11.8 Å². The molecule has 1 aliphatic heterocycles. The molecule has 7 heteroatoms. The lowest BCUT2D eigenvalue weighted by atomic mass is 10.0. The van der Waals surface area contributed by atoms with Gasteiger partial charge < -0.3 is 9.15 Å². The standard InChI is InChI=1S/C17H19NO5S/c1-11(2)13-6-8-23-16(13)17(19)18-7-9-22-15-5-4-12(10-14(15)18)24(3,20)21/h4-6,8,10-11H,7,9H2,1-3H3. The lowest BCUT2D eigenvalue weighted by molar-refractivity contribution is 0.0948. The van der Waals surface area contributed by atoms with Crippen molar-refractivity contribution in [1.29, 1.82) is 0 Å². The van der Waals surface area contributed by atoms with Crippen LogP contribution in [0, 0.1) is 0 Å². The van der Waals surface area contributed by atoms with Gasteiger partial charge in [-0.25, -0.2) is 8.42 Å². The topological polar surface area (TPSA) is 76.8 Å². The van der Waals surface area contributed by atoms with Crippen molar-refractivity contribution in [3.8, 4) is 5.75 Å². The van der Waals surface area contributed by atoms with E-state index in [1.54, 1.807) is 12.1 Å². The Morgan fingerprint density at radius 3 is 2.67 bits per heavy atom. The van der Waals surface area contributed by atoms with Crippen LogP contribution in [0.1, 0.15) is 35.9 Å². The summed E-state index contributed by atoms with van der Waals surface area (Å²) >= 11 is 0. The van der Waals surface area contributed by atoms with E-state index in [1.165, 1.54) is 23.3 Å². The van der Waals surface area contributed by atoms with E-state index in [0.29, 0.717) is 24.6 Å². The number of nitrogens with zero attached hydrogens (tertiary/aromatic N) is 1. The first kappa shape index (κ1) is 16.6. The molecule has 1 aliphatic rings. The average molecular weight is 349 g/mol. The molecular weight excluding hydrogens is 330 g/mol. The summed E-state index contributed by atoms with van der Waals surface area (Å²) in [5.74, 6) is 0.617. The van der Waals surface area contributed by atoms with Crippen LogP contribution in [0.15, 0.2) is 39.8 Å². The molecular formula is C17H19NO5S. The van der Waals surface area contributed by atoms with E-state index in [-0.39, 0.29) is 22.5 Å². The van der Waals surface area contributed by atoms with Crippen LogP contribution in [-0.4, -0.2) is 33.7 Å². The molecule has 1 aromatic heterocycles. The zero-order chi connectivity index (χ0) is 17.5. The minimum absolute atomic E-state index is 0.144. The van der Waals surface area contributed by atoms with Crippen molar-refractivity contribution >= 4 is 21.4 Å². The number of fused-ring (bicyclic) bond motifs is 1. The number of carbonyl (C=O) groups excluding carboxylic acids is 1. The van der Waals surface area contributed by atoms with E-state index < -0.39 is 9.84 Å². The number of sulfone groups is 1. The third kappa shape index (κ3) is 2.91. The van der Waals surface area contributed by atoms with E-state index in [2.05, 4.69) is 0 Å². The van der Waals surface area contributed by atoms with Gasteiger partial charge in [0.2, 0.25) is 0 Å². The third-order valence-corrected chi connectivity index (χ3v) is 5.09. The highest BCUT2D eigenvalue weighted by molar-refractivity contribution is 7.90. The molecule has 0 atom stereocenters. The summed E-state index contributed by atoms with van der Waals surface area (Å²) in [5.41, 5.74) is 1.27. The number of rotatable bonds is 3. The van der Waals surface area contributed by atoms with Gasteiger partial charge in [0.05, 0.1) is 23.4 Å². The smallest absolute Gasteiger partial charge is 0.294 e. The van der Waals surface area contributed by atoms with Crippen LogP contribution in [0.3, 0.4) is 0 Å². The van der Waals surface area contributed by atoms with Gasteiger partial charge in [-0.3, -0.25) is 9.69 Å². The zero-order valence-corrected chi connectivity index (χ0v) is 14.6. The minimum atomic E-state index is -3.38. The molecule has 0 bridgehead atoms. The second-order valence-electron chi connectivity index (χ2n) is 6.07. The summed E-state index contributed by atoms with van der Waals surface area (Å²) in [4.78, 5) is 14.6. The first-order valence-electron chi connectivity index (χ1n) is 7.65. The Labute approximate surface area is 140 Å². The van der Waals surface area contributed by atoms with Crippen molar-refractivity contribution < 1.29 is 22.4 Å². The van der Waals surface area contributed by atoms with E-state index in [0.717, 1.165) is 11.8 Å². The first-order valence-corrected chi connectivity index (χ1v) is 9.54. The average Bonchev–Trinajstić information content (AvgIpc) is 3.02. The number of hydrogen-bond donors (Lipinski definition) is 0. The van der Waals surface area contributed by atoms with Crippen molar-refractivity contribution in [2.24, 2.45) is 0 Å². The molecule has 0 aliphatic carbocycles. The fourth-order valence-corrected chi connectivity index (χ4v) is 3.35. The van der Waals surface area contributed by atoms with Crippen molar-refractivity contribution in [1.82, 2.24) is 0 Å². The second kappa shape index (κ2) is 5.98. The number of amides is 1. The van der Waals surface area contributed by atoms with Gasteiger partial charge in [0.25, 0.3) is 5.91 Å². The third-order valence-electron chi connectivity index (χ3n) is 3.98. The molecule has 0 saturated heterocycles. The van der Waals surface area contributed by atoms with Crippen LogP contribution >= 0.6 is 0 Å². The number of benzene rings is 1.